The van der Waals surface area contributed by atoms with Crippen LogP contribution in [0.2, 0.25) is 0 Å². The van der Waals surface area contributed by atoms with Crippen LogP contribution < -0.4 is 4.90 Å². The van der Waals surface area contributed by atoms with Crippen LogP contribution in [0, 0.1) is 6.92 Å². The van der Waals surface area contributed by atoms with E-state index in [1.807, 2.05) is 13.8 Å². The average molecular weight is 219 g/mol. The predicted octanol–water partition coefficient (Wildman–Crippen LogP) is 2.82. The van der Waals surface area contributed by atoms with Gasteiger partial charge in [0.05, 0.1) is 5.60 Å². The van der Waals surface area contributed by atoms with Crippen molar-refractivity contribution in [1.29, 1.82) is 0 Å². The van der Waals surface area contributed by atoms with Gasteiger partial charge >= 0.3 is 0 Å². The number of nitrogens with zero attached hydrogens (tertiary/aromatic N) is 1. The van der Waals surface area contributed by atoms with E-state index in [2.05, 4.69) is 30.0 Å². The molecule has 88 valence electrons. The van der Waals surface area contributed by atoms with Gasteiger partial charge in [0.15, 0.2) is 0 Å². The van der Waals surface area contributed by atoms with Gasteiger partial charge in [-0.15, -0.1) is 0 Å². The molecule has 1 saturated heterocycles. The van der Waals surface area contributed by atoms with Crippen molar-refractivity contribution in [1.82, 2.24) is 0 Å². The topological polar surface area (TPSA) is 23.5 Å². The van der Waals surface area contributed by atoms with Crippen LogP contribution in [0.3, 0.4) is 0 Å². The molecule has 1 aliphatic rings. The molecule has 0 bridgehead atoms. The molecule has 0 atom stereocenters. The Hall–Kier alpha value is -1.02. The van der Waals surface area contributed by atoms with Gasteiger partial charge in [0.2, 0.25) is 0 Å². The lowest BCUT2D eigenvalue weighted by Crippen LogP contribution is -2.25. The lowest BCUT2D eigenvalue weighted by Gasteiger charge is -2.28. The third kappa shape index (κ3) is 2.22. The first-order valence-corrected chi connectivity index (χ1v) is 6.07. The zero-order chi connectivity index (χ0) is 11.8. The molecule has 0 spiro atoms. The number of hydrogen-bond donors (Lipinski definition) is 1. The van der Waals surface area contributed by atoms with Gasteiger partial charge in [0.1, 0.15) is 0 Å². The van der Waals surface area contributed by atoms with Gasteiger partial charge in [-0.3, -0.25) is 0 Å². The molecule has 2 heteroatoms. The number of benzene rings is 1. The van der Waals surface area contributed by atoms with E-state index in [4.69, 9.17) is 0 Å². The Morgan fingerprint density at radius 3 is 2.38 bits per heavy atom. The minimum atomic E-state index is -0.760. The molecule has 1 fully saturated rings. The van der Waals surface area contributed by atoms with Crippen LogP contribution in [0.4, 0.5) is 5.69 Å². The second kappa shape index (κ2) is 4.10. The molecule has 0 radical (unpaired) electrons. The number of aliphatic hydroxyl groups is 1. The second-order valence-electron chi connectivity index (χ2n) is 5.27. The lowest BCUT2D eigenvalue weighted by atomic mass is 9.94. The van der Waals surface area contributed by atoms with Crippen molar-refractivity contribution in [2.45, 2.75) is 39.2 Å². The third-order valence-corrected chi connectivity index (χ3v) is 3.26. The van der Waals surface area contributed by atoms with Crippen LogP contribution in [0.1, 0.15) is 37.8 Å². The Balaban J connectivity index is 2.43. The molecule has 0 aromatic heterocycles. The number of anilines is 1. The van der Waals surface area contributed by atoms with Gasteiger partial charge in [0.25, 0.3) is 0 Å². The Labute approximate surface area is 97.9 Å². The quantitative estimate of drug-likeness (QED) is 0.826. The van der Waals surface area contributed by atoms with Crippen molar-refractivity contribution in [3.05, 3.63) is 29.3 Å². The van der Waals surface area contributed by atoms with Crippen molar-refractivity contribution in [3.63, 3.8) is 0 Å². The first-order valence-electron chi connectivity index (χ1n) is 6.07. The molecular formula is C14H21NO. The Morgan fingerprint density at radius 2 is 1.81 bits per heavy atom. The average Bonchev–Trinajstić information content (AvgIpc) is 2.69. The zero-order valence-electron chi connectivity index (χ0n) is 10.5. The van der Waals surface area contributed by atoms with Crippen molar-refractivity contribution >= 4 is 5.69 Å². The molecule has 1 aromatic carbocycles. The molecule has 1 heterocycles. The fourth-order valence-corrected chi connectivity index (χ4v) is 2.37. The smallest absolute Gasteiger partial charge is 0.0860 e. The van der Waals surface area contributed by atoms with Gasteiger partial charge in [-0.2, -0.15) is 0 Å². The van der Waals surface area contributed by atoms with E-state index in [9.17, 15) is 5.11 Å². The molecule has 0 saturated carbocycles. The summed E-state index contributed by atoms with van der Waals surface area (Å²) in [7, 11) is 0. The molecule has 0 aliphatic carbocycles. The SMILES string of the molecule is Cc1ccc(N2CCCC2)c(C(C)(C)O)c1. The number of rotatable bonds is 2. The molecular weight excluding hydrogens is 198 g/mol. The minimum Gasteiger partial charge on any atom is -0.386 e. The summed E-state index contributed by atoms with van der Waals surface area (Å²) in [6.45, 7) is 8.03. The largest absolute Gasteiger partial charge is 0.386 e. The summed E-state index contributed by atoms with van der Waals surface area (Å²) < 4.78 is 0. The molecule has 1 N–H and O–H groups in total. The van der Waals surface area contributed by atoms with E-state index in [1.54, 1.807) is 0 Å². The fourth-order valence-electron chi connectivity index (χ4n) is 2.37. The van der Waals surface area contributed by atoms with E-state index >= 15 is 0 Å². The molecule has 1 aromatic rings. The van der Waals surface area contributed by atoms with Crippen LogP contribution in [-0.4, -0.2) is 18.2 Å². The van der Waals surface area contributed by atoms with Crippen LogP contribution in [0.15, 0.2) is 18.2 Å². The highest BCUT2D eigenvalue weighted by molar-refractivity contribution is 5.57. The highest BCUT2D eigenvalue weighted by Gasteiger charge is 2.24. The molecule has 0 unspecified atom stereocenters. The zero-order valence-corrected chi connectivity index (χ0v) is 10.5. The summed E-state index contributed by atoms with van der Waals surface area (Å²) in [5.41, 5.74) is 2.70. The fraction of sp³-hybridized carbons (Fsp3) is 0.571. The van der Waals surface area contributed by atoms with Crippen molar-refractivity contribution in [3.8, 4) is 0 Å². The summed E-state index contributed by atoms with van der Waals surface area (Å²) in [5, 5.41) is 10.2. The maximum atomic E-state index is 10.2. The van der Waals surface area contributed by atoms with Gasteiger partial charge in [0, 0.05) is 24.3 Å². The van der Waals surface area contributed by atoms with Crippen molar-refractivity contribution in [2.24, 2.45) is 0 Å². The third-order valence-electron chi connectivity index (χ3n) is 3.26. The van der Waals surface area contributed by atoms with E-state index in [0.717, 1.165) is 18.7 Å². The van der Waals surface area contributed by atoms with Crippen molar-refractivity contribution < 1.29 is 5.11 Å². The van der Waals surface area contributed by atoms with E-state index in [0.29, 0.717) is 0 Å². The summed E-state index contributed by atoms with van der Waals surface area (Å²) in [4.78, 5) is 2.38. The highest BCUT2D eigenvalue weighted by atomic mass is 16.3. The van der Waals surface area contributed by atoms with Crippen LogP contribution >= 0.6 is 0 Å². The molecule has 1 aliphatic heterocycles. The Bertz CT molecular complexity index is 373. The molecule has 0 amide bonds. The number of hydrogen-bond acceptors (Lipinski definition) is 2. The summed E-state index contributed by atoms with van der Waals surface area (Å²) in [6.07, 6.45) is 2.53. The number of aryl methyl sites for hydroxylation is 1. The predicted molar refractivity (Wildman–Crippen MR) is 67.9 cm³/mol. The first-order chi connectivity index (χ1) is 7.48. The van der Waals surface area contributed by atoms with Crippen LogP contribution in [0.5, 0.6) is 0 Å². The van der Waals surface area contributed by atoms with Gasteiger partial charge in [-0.25, -0.2) is 0 Å². The van der Waals surface area contributed by atoms with E-state index < -0.39 is 5.60 Å². The Morgan fingerprint density at radius 1 is 1.19 bits per heavy atom. The first kappa shape index (κ1) is 11.5. The molecule has 16 heavy (non-hydrogen) atoms. The Kier molecular flexibility index (Phi) is 2.94. The highest BCUT2D eigenvalue weighted by Crippen LogP contribution is 2.33. The maximum Gasteiger partial charge on any atom is 0.0860 e. The summed E-state index contributed by atoms with van der Waals surface area (Å²) in [6, 6.07) is 6.38. The maximum absolute atomic E-state index is 10.2. The van der Waals surface area contributed by atoms with Crippen molar-refractivity contribution in [2.75, 3.05) is 18.0 Å². The van der Waals surface area contributed by atoms with Gasteiger partial charge in [-0.1, -0.05) is 17.7 Å². The van der Waals surface area contributed by atoms with E-state index in [1.165, 1.54) is 24.1 Å². The van der Waals surface area contributed by atoms with Crippen LogP contribution in [0.25, 0.3) is 0 Å². The van der Waals surface area contributed by atoms with Gasteiger partial charge in [-0.05, 0) is 39.7 Å². The normalized spacial score (nSPS) is 16.9. The molecule has 2 nitrogen and oxygen atoms in total. The standard InChI is InChI=1S/C14H21NO/c1-11-6-7-13(15-8-4-5-9-15)12(10-11)14(2,3)16/h6-7,10,16H,4-5,8-9H2,1-3H3. The lowest BCUT2D eigenvalue weighted by molar-refractivity contribution is 0.0790. The minimum absolute atomic E-state index is 0.760. The van der Waals surface area contributed by atoms with E-state index in [-0.39, 0.29) is 0 Å². The summed E-state index contributed by atoms with van der Waals surface area (Å²) in [5.74, 6) is 0. The summed E-state index contributed by atoms with van der Waals surface area (Å²) >= 11 is 0. The van der Waals surface area contributed by atoms with Crippen LogP contribution in [-0.2, 0) is 5.60 Å². The van der Waals surface area contributed by atoms with Gasteiger partial charge < -0.3 is 10.0 Å². The monoisotopic (exact) mass is 219 g/mol. The second-order valence-corrected chi connectivity index (χ2v) is 5.27. The molecule has 2 rings (SSSR count).